The lowest BCUT2D eigenvalue weighted by molar-refractivity contribution is 0.0954. The van der Waals surface area contributed by atoms with Crippen LogP contribution in [-0.2, 0) is 6.54 Å². The monoisotopic (exact) mass is 540 g/mol. The second-order valence-corrected chi connectivity index (χ2v) is 7.12. The first-order chi connectivity index (χ1) is 14.4. The van der Waals surface area contributed by atoms with E-state index >= 15 is 0 Å². The number of aliphatic imine (C=N–C) groups is 1. The standard InChI is InChI=1S/C23H32N4O3.HI/c1-16(2)30-21-13-17(3)9-10-19(21)15-27-23(24-4)26-12-11-25-22(28)18-7-6-8-20(14-18)29-5;/h6-10,13-14,16H,11-12,15H2,1-5H3,(H,25,28)(H2,24,26,27);1H. The summed E-state index contributed by atoms with van der Waals surface area (Å²) in [5.41, 5.74) is 2.78. The predicted octanol–water partition coefficient (Wildman–Crippen LogP) is 3.50. The van der Waals surface area contributed by atoms with E-state index < -0.39 is 0 Å². The third kappa shape index (κ3) is 9.04. The first-order valence-electron chi connectivity index (χ1n) is 10.1. The molecule has 3 N–H and O–H groups in total. The summed E-state index contributed by atoms with van der Waals surface area (Å²) in [6.45, 7) is 7.66. The SMILES string of the molecule is CN=C(NCCNC(=O)c1cccc(OC)c1)NCc1ccc(C)cc1OC(C)C.I. The molecule has 0 radical (unpaired) electrons. The molecule has 0 aliphatic carbocycles. The van der Waals surface area contributed by atoms with Crippen LogP contribution in [0, 0.1) is 6.92 Å². The Balaban J connectivity index is 0.00000480. The minimum absolute atomic E-state index is 0. The molecule has 0 saturated heterocycles. The number of nitrogens with zero attached hydrogens (tertiary/aromatic N) is 1. The van der Waals surface area contributed by atoms with Crippen molar-refractivity contribution in [3.8, 4) is 11.5 Å². The first kappa shape index (κ1) is 26.5. The second kappa shape index (κ2) is 13.7. The summed E-state index contributed by atoms with van der Waals surface area (Å²) in [4.78, 5) is 16.5. The van der Waals surface area contributed by atoms with E-state index in [1.165, 1.54) is 0 Å². The van der Waals surface area contributed by atoms with Gasteiger partial charge in [-0.2, -0.15) is 0 Å². The van der Waals surface area contributed by atoms with Gasteiger partial charge >= 0.3 is 0 Å². The van der Waals surface area contributed by atoms with Crippen LogP contribution in [0.5, 0.6) is 11.5 Å². The number of carbonyl (C=O) groups excluding carboxylic acids is 1. The second-order valence-electron chi connectivity index (χ2n) is 7.12. The fourth-order valence-corrected chi connectivity index (χ4v) is 2.79. The highest BCUT2D eigenvalue weighted by Gasteiger charge is 2.08. The van der Waals surface area contributed by atoms with Gasteiger partial charge in [0.05, 0.1) is 13.2 Å². The number of hydrogen-bond acceptors (Lipinski definition) is 4. The largest absolute Gasteiger partial charge is 0.497 e. The molecule has 0 fully saturated rings. The van der Waals surface area contributed by atoms with Crippen LogP contribution in [0.1, 0.15) is 35.3 Å². The maximum absolute atomic E-state index is 12.2. The number of amides is 1. The number of aryl methyl sites for hydroxylation is 1. The van der Waals surface area contributed by atoms with Gasteiger partial charge in [0.2, 0.25) is 0 Å². The maximum Gasteiger partial charge on any atom is 0.251 e. The fourth-order valence-electron chi connectivity index (χ4n) is 2.79. The van der Waals surface area contributed by atoms with Crippen LogP contribution in [-0.4, -0.2) is 45.2 Å². The quantitative estimate of drug-likeness (QED) is 0.196. The zero-order valence-corrected chi connectivity index (χ0v) is 21.2. The molecule has 2 aromatic rings. The third-order valence-electron chi connectivity index (χ3n) is 4.29. The molecule has 2 aromatic carbocycles. The van der Waals surface area contributed by atoms with Gasteiger partial charge in [-0.05, 0) is 50.6 Å². The van der Waals surface area contributed by atoms with E-state index in [0.29, 0.717) is 36.9 Å². The molecular formula is C23H33IN4O3. The number of rotatable bonds is 9. The number of ether oxygens (including phenoxy) is 2. The van der Waals surface area contributed by atoms with Gasteiger partial charge in [0.1, 0.15) is 11.5 Å². The summed E-state index contributed by atoms with van der Waals surface area (Å²) < 4.78 is 11.1. The molecule has 0 aliphatic rings. The number of carbonyl (C=O) groups is 1. The van der Waals surface area contributed by atoms with Gasteiger partial charge in [0.25, 0.3) is 5.91 Å². The molecule has 31 heavy (non-hydrogen) atoms. The van der Waals surface area contributed by atoms with Crippen molar-refractivity contribution in [2.24, 2.45) is 4.99 Å². The molecule has 0 aromatic heterocycles. The minimum Gasteiger partial charge on any atom is -0.497 e. The van der Waals surface area contributed by atoms with Gasteiger partial charge in [0.15, 0.2) is 5.96 Å². The van der Waals surface area contributed by atoms with Crippen molar-refractivity contribution in [1.82, 2.24) is 16.0 Å². The Bertz CT molecular complexity index is 872. The molecular weight excluding hydrogens is 507 g/mol. The molecule has 1 amide bonds. The predicted molar refractivity (Wildman–Crippen MR) is 136 cm³/mol. The lowest BCUT2D eigenvalue weighted by Crippen LogP contribution is -2.41. The number of halogens is 1. The van der Waals surface area contributed by atoms with Crippen LogP contribution in [0.4, 0.5) is 0 Å². The summed E-state index contributed by atoms with van der Waals surface area (Å²) >= 11 is 0. The maximum atomic E-state index is 12.2. The van der Waals surface area contributed by atoms with Crippen LogP contribution in [0.2, 0.25) is 0 Å². The highest BCUT2D eigenvalue weighted by atomic mass is 127. The Morgan fingerprint density at radius 1 is 1.06 bits per heavy atom. The van der Waals surface area contributed by atoms with Crippen LogP contribution in [0.15, 0.2) is 47.5 Å². The molecule has 7 nitrogen and oxygen atoms in total. The lowest BCUT2D eigenvalue weighted by atomic mass is 10.1. The Kier molecular flexibility index (Phi) is 11.8. The van der Waals surface area contributed by atoms with Crippen LogP contribution in [0.25, 0.3) is 0 Å². The van der Waals surface area contributed by atoms with E-state index in [4.69, 9.17) is 9.47 Å². The highest BCUT2D eigenvalue weighted by Crippen LogP contribution is 2.21. The van der Waals surface area contributed by atoms with E-state index in [0.717, 1.165) is 16.9 Å². The number of methoxy groups -OCH3 is 1. The topological polar surface area (TPSA) is 84.0 Å². The number of guanidine groups is 1. The van der Waals surface area contributed by atoms with Crippen LogP contribution < -0.4 is 25.4 Å². The van der Waals surface area contributed by atoms with Gasteiger partial charge in [-0.15, -0.1) is 24.0 Å². The first-order valence-corrected chi connectivity index (χ1v) is 10.1. The van der Waals surface area contributed by atoms with Crippen molar-refractivity contribution in [3.63, 3.8) is 0 Å². The van der Waals surface area contributed by atoms with E-state index in [2.05, 4.69) is 33.1 Å². The number of hydrogen-bond donors (Lipinski definition) is 3. The van der Waals surface area contributed by atoms with Gasteiger partial charge < -0.3 is 25.4 Å². The normalized spacial score (nSPS) is 10.8. The molecule has 8 heteroatoms. The Morgan fingerprint density at radius 3 is 2.48 bits per heavy atom. The van der Waals surface area contributed by atoms with E-state index in [1.807, 2.05) is 26.8 Å². The molecule has 0 bridgehead atoms. The summed E-state index contributed by atoms with van der Waals surface area (Å²) in [5.74, 6) is 2.04. The van der Waals surface area contributed by atoms with Crippen molar-refractivity contribution in [2.45, 2.75) is 33.4 Å². The Hall–Kier alpha value is -2.49. The van der Waals surface area contributed by atoms with Gasteiger partial charge in [-0.25, -0.2) is 0 Å². The lowest BCUT2D eigenvalue weighted by Gasteiger charge is -2.17. The number of benzene rings is 2. The van der Waals surface area contributed by atoms with Crippen molar-refractivity contribution >= 4 is 35.8 Å². The zero-order chi connectivity index (χ0) is 21.9. The average Bonchev–Trinajstić information content (AvgIpc) is 2.73. The van der Waals surface area contributed by atoms with Crippen molar-refractivity contribution in [3.05, 3.63) is 59.2 Å². The fraction of sp³-hybridized carbons (Fsp3) is 0.391. The van der Waals surface area contributed by atoms with E-state index in [-0.39, 0.29) is 36.0 Å². The highest BCUT2D eigenvalue weighted by molar-refractivity contribution is 14.0. The van der Waals surface area contributed by atoms with Crippen molar-refractivity contribution < 1.29 is 14.3 Å². The molecule has 0 atom stereocenters. The van der Waals surface area contributed by atoms with Crippen molar-refractivity contribution in [2.75, 3.05) is 27.2 Å². The molecule has 0 spiro atoms. The van der Waals surface area contributed by atoms with E-state index in [9.17, 15) is 4.79 Å². The van der Waals surface area contributed by atoms with Gasteiger partial charge in [0, 0.05) is 37.8 Å². The molecule has 170 valence electrons. The molecule has 0 heterocycles. The summed E-state index contributed by atoms with van der Waals surface area (Å²) in [5, 5.41) is 9.36. The van der Waals surface area contributed by atoms with Gasteiger partial charge in [-0.3, -0.25) is 9.79 Å². The van der Waals surface area contributed by atoms with Gasteiger partial charge in [-0.1, -0.05) is 18.2 Å². The zero-order valence-electron chi connectivity index (χ0n) is 18.8. The number of nitrogens with one attached hydrogen (secondary N) is 3. The van der Waals surface area contributed by atoms with Crippen LogP contribution in [0.3, 0.4) is 0 Å². The summed E-state index contributed by atoms with van der Waals surface area (Å²) in [7, 11) is 3.29. The molecule has 0 unspecified atom stereocenters. The molecule has 2 rings (SSSR count). The molecule has 0 aliphatic heterocycles. The molecule has 0 saturated carbocycles. The smallest absolute Gasteiger partial charge is 0.251 e. The minimum atomic E-state index is -0.145. The van der Waals surface area contributed by atoms with Crippen LogP contribution >= 0.6 is 24.0 Å². The Morgan fingerprint density at radius 2 is 1.81 bits per heavy atom. The van der Waals surface area contributed by atoms with Crippen molar-refractivity contribution in [1.29, 1.82) is 0 Å². The third-order valence-corrected chi connectivity index (χ3v) is 4.29. The summed E-state index contributed by atoms with van der Waals surface area (Å²) in [6, 6.07) is 13.2. The average molecular weight is 540 g/mol. The van der Waals surface area contributed by atoms with E-state index in [1.54, 1.807) is 38.4 Å². The Labute approximate surface area is 202 Å². The summed E-state index contributed by atoms with van der Waals surface area (Å²) in [6.07, 6.45) is 0.108.